The van der Waals surface area contributed by atoms with Crippen molar-refractivity contribution in [1.29, 1.82) is 0 Å². The molecule has 0 aliphatic carbocycles. The normalized spacial score (nSPS) is 10.7. The van der Waals surface area contributed by atoms with Gasteiger partial charge in [-0.25, -0.2) is 14.6 Å². The summed E-state index contributed by atoms with van der Waals surface area (Å²) in [5, 5.41) is 14.1. The summed E-state index contributed by atoms with van der Waals surface area (Å²) in [6.45, 7) is 2.11. The summed E-state index contributed by atoms with van der Waals surface area (Å²) in [4.78, 5) is 73.3. The van der Waals surface area contributed by atoms with Crippen molar-refractivity contribution >= 4 is 41.2 Å². The van der Waals surface area contributed by atoms with Gasteiger partial charge in [0.15, 0.2) is 17.3 Å². The molecule has 0 saturated heterocycles. The molecular weight excluding hydrogens is 574 g/mol. The first-order valence-corrected chi connectivity index (χ1v) is 13.3. The number of anilines is 1. The number of amides is 3. The number of aromatic amines is 1. The maximum Gasteiger partial charge on any atom is 0.414 e. The van der Waals surface area contributed by atoms with E-state index < -0.39 is 48.8 Å². The highest BCUT2D eigenvalue weighted by Gasteiger charge is 2.22. The number of carboxylic acid groups (broad SMARTS) is 1. The molecule has 0 bridgehead atoms. The molecule has 2 heterocycles. The van der Waals surface area contributed by atoms with Crippen molar-refractivity contribution in [2.24, 2.45) is 0 Å². The second kappa shape index (κ2) is 14.8. The molecule has 15 nitrogen and oxygen atoms in total. The predicted octanol–water partition coefficient (Wildman–Crippen LogP) is 2.28. The van der Waals surface area contributed by atoms with Gasteiger partial charge in [0.2, 0.25) is 11.9 Å². The minimum Gasteiger partial charge on any atom is -0.480 e. The van der Waals surface area contributed by atoms with Crippen LogP contribution in [0.25, 0.3) is 11.2 Å². The fraction of sp³-hybridized carbons (Fsp3) is 0.207. The Hall–Kier alpha value is -5.99. The molecule has 15 heteroatoms. The van der Waals surface area contributed by atoms with Crippen molar-refractivity contribution in [3.63, 3.8) is 0 Å². The third-order valence-electron chi connectivity index (χ3n) is 6.09. The van der Waals surface area contributed by atoms with Crippen LogP contribution in [0.2, 0.25) is 0 Å². The quantitative estimate of drug-likeness (QED) is 0.164. The SMILES string of the molecule is C=CCOC(=O)NCCN(CC(=O)O)C(=O)Cn1cnc2c(=O)[nH]c(NC(=O)OC(c3ccccc3)c3ccccc3)nc21. The lowest BCUT2D eigenvalue weighted by Gasteiger charge is -2.21. The number of H-pyrrole nitrogens is 1. The molecule has 228 valence electrons. The molecule has 0 radical (unpaired) electrons. The number of nitrogens with zero attached hydrogens (tertiary/aromatic N) is 4. The minimum absolute atomic E-state index is 0.0152. The molecule has 2 aromatic heterocycles. The molecule has 3 amide bonds. The van der Waals surface area contributed by atoms with Crippen LogP contribution in [0.1, 0.15) is 17.2 Å². The third-order valence-corrected chi connectivity index (χ3v) is 6.09. The summed E-state index contributed by atoms with van der Waals surface area (Å²) in [6, 6.07) is 18.2. The van der Waals surface area contributed by atoms with E-state index in [9.17, 15) is 29.1 Å². The van der Waals surface area contributed by atoms with Crippen molar-refractivity contribution < 1.29 is 33.8 Å². The molecule has 2 aromatic carbocycles. The van der Waals surface area contributed by atoms with Crippen LogP contribution in [0.5, 0.6) is 0 Å². The zero-order valence-corrected chi connectivity index (χ0v) is 23.3. The number of hydrogen-bond donors (Lipinski definition) is 4. The van der Waals surface area contributed by atoms with E-state index in [1.807, 2.05) is 60.7 Å². The topological polar surface area (TPSA) is 198 Å². The number of ether oxygens (including phenoxy) is 2. The van der Waals surface area contributed by atoms with Crippen molar-refractivity contribution in [2.75, 3.05) is 31.6 Å². The first-order valence-electron chi connectivity index (χ1n) is 13.3. The average Bonchev–Trinajstić information content (AvgIpc) is 3.41. The van der Waals surface area contributed by atoms with Gasteiger partial charge in [0, 0.05) is 13.1 Å². The van der Waals surface area contributed by atoms with Crippen LogP contribution in [0.15, 0.2) is 84.4 Å². The number of carboxylic acids is 1. The first-order chi connectivity index (χ1) is 21.2. The number of nitrogens with one attached hydrogen (secondary N) is 3. The fourth-order valence-corrected chi connectivity index (χ4v) is 4.13. The molecule has 0 saturated carbocycles. The number of rotatable bonds is 13. The number of carbonyl (C=O) groups is 4. The lowest BCUT2D eigenvalue weighted by atomic mass is 10.0. The Morgan fingerprint density at radius 1 is 1.05 bits per heavy atom. The maximum absolute atomic E-state index is 13.0. The van der Waals surface area contributed by atoms with Crippen LogP contribution in [0.4, 0.5) is 15.5 Å². The van der Waals surface area contributed by atoms with Gasteiger partial charge in [-0.15, -0.1) is 0 Å². The van der Waals surface area contributed by atoms with Crippen LogP contribution in [0.3, 0.4) is 0 Å². The van der Waals surface area contributed by atoms with Gasteiger partial charge >= 0.3 is 18.2 Å². The van der Waals surface area contributed by atoms with Gasteiger partial charge in [0.25, 0.3) is 5.56 Å². The zero-order chi connectivity index (χ0) is 31.5. The lowest BCUT2D eigenvalue weighted by Crippen LogP contribution is -2.42. The monoisotopic (exact) mass is 603 g/mol. The summed E-state index contributed by atoms with van der Waals surface area (Å²) in [7, 11) is 0. The largest absolute Gasteiger partial charge is 0.480 e. The van der Waals surface area contributed by atoms with E-state index in [4.69, 9.17) is 9.47 Å². The van der Waals surface area contributed by atoms with Crippen molar-refractivity contribution in [3.05, 3.63) is 101 Å². The Morgan fingerprint density at radius 3 is 2.32 bits per heavy atom. The number of benzene rings is 2. The molecule has 4 rings (SSSR count). The second-order valence-corrected chi connectivity index (χ2v) is 9.21. The number of hydrogen-bond acceptors (Lipinski definition) is 9. The van der Waals surface area contributed by atoms with Crippen LogP contribution in [-0.4, -0.2) is 79.8 Å². The van der Waals surface area contributed by atoms with Crippen molar-refractivity contribution in [3.8, 4) is 0 Å². The van der Waals surface area contributed by atoms with Crippen LogP contribution in [0, 0.1) is 0 Å². The summed E-state index contributed by atoms with van der Waals surface area (Å²) in [5.41, 5.74) is 0.596. The smallest absolute Gasteiger partial charge is 0.414 e. The number of carbonyl (C=O) groups excluding carboxylic acids is 3. The Balaban J connectivity index is 1.48. The van der Waals surface area contributed by atoms with Gasteiger partial charge in [-0.05, 0) is 11.1 Å². The summed E-state index contributed by atoms with van der Waals surface area (Å²) in [6.07, 6.45) is 0.157. The number of aliphatic carboxylic acids is 1. The molecule has 0 fully saturated rings. The molecule has 44 heavy (non-hydrogen) atoms. The molecular formula is C29H29N7O8. The third kappa shape index (κ3) is 8.28. The molecule has 0 atom stereocenters. The fourth-order valence-electron chi connectivity index (χ4n) is 4.13. The highest BCUT2D eigenvalue weighted by atomic mass is 16.6. The van der Waals surface area contributed by atoms with Gasteiger partial charge in [0.05, 0.1) is 6.33 Å². The van der Waals surface area contributed by atoms with Gasteiger partial charge < -0.3 is 29.4 Å². The van der Waals surface area contributed by atoms with E-state index in [2.05, 4.69) is 32.2 Å². The van der Waals surface area contributed by atoms with E-state index in [0.717, 1.165) is 16.0 Å². The first kappa shape index (κ1) is 31.0. The number of fused-ring (bicyclic) bond motifs is 1. The van der Waals surface area contributed by atoms with E-state index in [-0.39, 0.29) is 36.8 Å². The van der Waals surface area contributed by atoms with Crippen LogP contribution >= 0.6 is 0 Å². The van der Waals surface area contributed by atoms with Crippen molar-refractivity contribution in [1.82, 2.24) is 29.7 Å². The minimum atomic E-state index is -1.27. The zero-order valence-electron chi connectivity index (χ0n) is 23.3. The number of imidazole rings is 1. The highest BCUT2D eigenvalue weighted by Crippen LogP contribution is 2.26. The Bertz CT molecular complexity index is 1650. The highest BCUT2D eigenvalue weighted by molar-refractivity contribution is 5.85. The molecule has 0 aliphatic rings. The molecule has 0 aliphatic heterocycles. The van der Waals surface area contributed by atoms with Crippen LogP contribution < -0.4 is 16.2 Å². The van der Waals surface area contributed by atoms with E-state index in [1.165, 1.54) is 17.0 Å². The Kier molecular flexibility index (Phi) is 10.4. The Labute approximate surface area is 250 Å². The number of aromatic nitrogens is 4. The van der Waals surface area contributed by atoms with Gasteiger partial charge in [0.1, 0.15) is 19.7 Å². The van der Waals surface area contributed by atoms with E-state index >= 15 is 0 Å². The number of alkyl carbamates (subject to hydrolysis) is 1. The van der Waals surface area contributed by atoms with Gasteiger partial charge in [-0.2, -0.15) is 4.98 Å². The summed E-state index contributed by atoms with van der Waals surface area (Å²) >= 11 is 0. The van der Waals surface area contributed by atoms with Crippen LogP contribution in [-0.2, 0) is 25.6 Å². The molecule has 4 aromatic rings. The maximum atomic E-state index is 13.0. The average molecular weight is 604 g/mol. The predicted molar refractivity (Wildman–Crippen MR) is 157 cm³/mol. The lowest BCUT2D eigenvalue weighted by molar-refractivity contribution is -0.144. The standard InChI is InChI=1S/C29H29N7O8/c1-2-15-43-28(41)30-13-14-35(17-22(38)39)21(37)16-36-18-31-23-25(36)32-27(33-26(23)40)34-29(42)44-24(19-9-5-3-6-10-19)20-11-7-4-8-12-20/h2-12,18,24H,1,13-17H2,(H,30,41)(H,38,39)(H2,32,33,34,40,42). The summed E-state index contributed by atoms with van der Waals surface area (Å²) in [5.74, 6) is -2.18. The Morgan fingerprint density at radius 2 is 1.70 bits per heavy atom. The van der Waals surface area contributed by atoms with E-state index in [1.54, 1.807) is 0 Å². The van der Waals surface area contributed by atoms with E-state index in [0.29, 0.717) is 0 Å². The second-order valence-electron chi connectivity index (χ2n) is 9.21. The molecule has 0 unspecified atom stereocenters. The van der Waals surface area contributed by atoms with Crippen molar-refractivity contribution in [2.45, 2.75) is 12.6 Å². The molecule has 0 spiro atoms. The van der Waals surface area contributed by atoms with Gasteiger partial charge in [-0.3, -0.25) is 24.7 Å². The molecule has 4 N–H and O–H groups in total. The van der Waals surface area contributed by atoms with Gasteiger partial charge in [-0.1, -0.05) is 73.3 Å². The summed E-state index contributed by atoms with van der Waals surface area (Å²) < 4.78 is 11.7.